The van der Waals surface area contributed by atoms with Crippen LogP contribution in [-0.4, -0.2) is 23.1 Å². The average molecular weight is 231 g/mol. The maximum atomic E-state index is 11.0. The molecule has 0 saturated heterocycles. The second kappa shape index (κ2) is 5.69. The van der Waals surface area contributed by atoms with Gasteiger partial charge in [-0.05, 0) is 12.1 Å². The molecule has 0 aliphatic heterocycles. The molecule has 0 unspecified atom stereocenters. The van der Waals surface area contributed by atoms with Crippen LogP contribution in [0.4, 0.5) is 5.82 Å². The highest BCUT2D eigenvalue weighted by molar-refractivity contribution is 5.31. The Morgan fingerprint density at radius 2 is 2.12 bits per heavy atom. The van der Waals surface area contributed by atoms with Crippen molar-refractivity contribution in [3.05, 3.63) is 53.1 Å². The second-order valence-corrected chi connectivity index (χ2v) is 3.38. The normalized spacial score (nSPS) is 9.88. The van der Waals surface area contributed by atoms with Gasteiger partial charge in [-0.15, -0.1) is 0 Å². The largest absolute Gasteiger partial charge is 0.492 e. The number of para-hydroxylation sites is 1. The van der Waals surface area contributed by atoms with E-state index >= 15 is 0 Å². The van der Waals surface area contributed by atoms with E-state index in [1.54, 1.807) is 0 Å². The SMILES string of the molecule is O=c1cc(NCCOc2ccccc2)nc[nH]1. The third-order valence-corrected chi connectivity index (χ3v) is 2.10. The number of anilines is 1. The molecule has 88 valence electrons. The minimum atomic E-state index is -0.175. The summed E-state index contributed by atoms with van der Waals surface area (Å²) in [6, 6.07) is 11.0. The zero-order valence-corrected chi connectivity index (χ0v) is 9.22. The minimum Gasteiger partial charge on any atom is -0.492 e. The molecule has 2 rings (SSSR count). The van der Waals surface area contributed by atoms with Crippen LogP contribution in [-0.2, 0) is 0 Å². The standard InChI is InChI=1S/C12H13N3O2/c16-12-8-11(14-9-15-12)13-6-7-17-10-4-2-1-3-5-10/h1-5,8-9H,6-7H2,(H2,13,14,15,16). The number of nitrogens with one attached hydrogen (secondary N) is 2. The van der Waals surface area contributed by atoms with Gasteiger partial charge in [-0.3, -0.25) is 4.79 Å². The highest BCUT2D eigenvalue weighted by atomic mass is 16.5. The predicted molar refractivity (Wildman–Crippen MR) is 65.3 cm³/mol. The van der Waals surface area contributed by atoms with E-state index in [0.29, 0.717) is 19.0 Å². The molecule has 1 heterocycles. The first-order valence-corrected chi connectivity index (χ1v) is 5.31. The molecule has 0 amide bonds. The number of hydrogen-bond acceptors (Lipinski definition) is 4. The molecule has 2 N–H and O–H groups in total. The van der Waals surface area contributed by atoms with Gasteiger partial charge in [-0.25, -0.2) is 4.98 Å². The molecule has 17 heavy (non-hydrogen) atoms. The van der Waals surface area contributed by atoms with E-state index in [-0.39, 0.29) is 5.56 Å². The Morgan fingerprint density at radius 1 is 1.29 bits per heavy atom. The van der Waals surface area contributed by atoms with Crippen molar-refractivity contribution in [1.82, 2.24) is 9.97 Å². The highest BCUT2D eigenvalue weighted by Crippen LogP contribution is 2.07. The van der Waals surface area contributed by atoms with E-state index < -0.39 is 0 Å². The van der Waals surface area contributed by atoms with Crippen LogP contribution in [0, 0.1) is 0 Å². The van der Waals surface area contributed by atoms with Crippen molar-refractivity contribution in [3.63, 3.8) is 0 Å². The topological polar surface area (TPSA) is 67.0 Å². The summed E-state index contributed by atoms with van der Waals surface area (Å²) in [5, 5.41) is 3.00. The average Bonchev–Trinajstić information content (AvgIpc) is 2.36. The van der Waals surface area contributed by atoms with Gasteiger partial charge in [-0.2, -0.15) is 0 Å². The number of H-pyrrole nitrogens is 1. The lowest BCUT2D eigenvalue weighted by Gasteiger charge is -2.07. The summed E-state index contributed by atoms with van der Waals surface area (Å²) in [6.07, 6.45) is 1.36. The van der Waals surface area contributed by atoms with Crippen molar-refractivity contribution in [1.29, 1.82) is 0 Å². The molecule has 5 heteroatoms. The Morgan fingerprint density at radius 3 is 2.88 bits per heavy atom. The molecular formula is C12H13N3O2. The number of ether oxygens (including phenoxy) is 1. The van der Waals surface area contributed by atoms with Crippen LogP contribution in [0.1, 0.15) is 0 Å². The molecule has 2 aromatic rings. The van der Waals surface area contributed by atoms with E-state index in [1.807, 2.05) is 30.3 Å². The number of rotatable bonds is 5. The van der Waals surface area contributed by atoms with Gasteiger partial charge < -0.3 is 15.0 Å². The molecule has 5 nitrogen and oxygen atoms in total. The molecule has 0 radical (unpaired) electrons. The number of aromatic nitrogens is 2. The van der Waals surface area contributed by atoms with Crippen LogP contribution in [0.15, 0.2) is 47.5 Å². The Bertz CT molecular complexity index is 510. The van der Waals surface area contributed by atoms with Crippen molar-refractivity contribution in [2.24, 2.45) is 0 Å². The lowest BCUT2D eigenvalue weighted by atomic mass is 10.3. The molecule has 1 aromatic carbocycles. The number of hydrogen-bond donors (Lipinski definition) is 2. The van der Waals surface area contributed by atoms with Gasteiger partial charge in [-0.1, -0.05) is 18.2 Å². The van der Waals surface area contributed by atoms with E-state index in [4.69, 9.17) is 4.74 Å². The maximum absolute atomic E-state index is 11.0. The lowest BCUT2D eigenvalue weighted by molar-refractivity contribution is 0.333. The zero-order chi connectivity index (χ0) is 11.9. The Labute approximate surface area is 98.5 Å². The molecule has 0 atom stereocenters. The third-order valence-electron chi connectivity index (χ3n) is 2.10. The second-order valence-electron chi connectivity index (χ2n) is 3.38. The molecular weight excluding hydrogens is 218 g/mol. The van der Waals surface area contributed by atoms with Gasteiger partial charge >= 0.3 is 0 Å². The quantitative estimate of drug-likeness (QED) is 0.760. The number of nitrogens with zero attached hydrogens (tertiary/aromatic N) is 1. The first kappa shape index (κ1) is 11.2. The molecule has 0 aliphatic rings. The first-order valence-electron chi connectivity index (χ1n) is 5.31. The van der Waals surface area contributed by atoms with Crippen molar-refractivity contribution in [2.45, 2.75) is 0 Å². The number of benzene rings is 1. The van der Waals surface area contributed by atoms with Gasteiger partial charge in [0.15, 0.2) is 0 Å². The Balaban J connectivity index is 1.75. The predicted octanol–water partition coefficient (Wildman–Crippen LogP) is 1.26. The van der Waals surface area contributed by atoms with Crippen LogP contribution in [0.5, 0.6) is 5.75 Å². The van der Waals surface area contributed by atoms with E-state index in [0.717, 1.165) is 5.75 Å². The van der Waals surface area contributed by atoms with Crippen molar-refractivity contribution in [3.8, 4) is 5.75 Å². The summed E-state index contributed by atoms with van der Waals surface area (Å²) < 4.78 is 5.48. The number of aromatic amines is 1. The monoisotopic (exact) mass is 231 g/mol. The summed E-state index contributed by atoms with van der Waals surface area (Å²) >= 11 is 0. The smallest absolute Gasteiger partial charge is 0.252 e. The fraction of sp³-hybridized carbons (Fsp3) is 0.167. The fourth-order valence-corrected chi connectivity index (χ4v) is 1.33. The molecule has 0 saturated carbocycles. The summed E-state index contributed by atoms with van der Waals surface area (Å²) in [5.41, 5.74) is -0.175. The van der Waals surface area contributed by atoms with E-state index in [2.05, 4.69) is 15.3 Å². The van der Waals surface area contributed by atoms with Crippen LogP contribution in [0.25, 0.3) is 0 Å². The molecule has 0 aliphatic carbocycles. The maximum Gasteiger partial charge on any atom is 0.252 e. The summed E-state index contributed by atoms with van der Waals surface area (Å²) in [6.45, 7) is 1.10. The van der Waals surface area contributed by atoms with E-state index in [1.165, 1.54) is 12.4 Å². The first-order chi connectivity index (χ1) is 8.34. The summed E-state index contributed by atoms with van der Waals surface area (Å²) in [7, 11) is 0. The van der Waals surface area contributed by atoms with Gasteiger partial charge in [0.05, 0.1) is 12.9 Å². The van der Waals surface area contributed by atoms with Gasteiger partial charge in [0.2, 0.25) is 0 Å². The molecule has 0 fully saturated rings. The fourth-order valence-electron chi connectivity index (χ4n) is 1.33. The summed E-state index contributed by atoms with van der Waals surface area (Å²) in [5.74, 6) is 1.37. The van der Waals surface area contributed by atoms with E-state index in [9.17, 15) is 4.79 Å². The van der Waals surface area contributed by atoms with Crippen LogP contribution < -0.4 is 15.6 Å². The molecule has 0 spiro atoms. The Hall–Kier alpha value is -2.30. The van der Waals surface area contributed by atoms with Gasteiger partial charge in [0.25, 0.3) is 5.56 Å². The van der Waals surface area contributed by atoms with Gasteiger partial charge in [0, 0.05) is 6.07 Å². The lowest BCUT2D eigenvalue weighted by Crippen LogP contribution is -2.14. The van der Waals surface area contributed by atoms with Crippen molar-refractivity contribution in [2.75, 3.05) is 18.5 Å². The highest BCUT2D eigenvalue weighted by Gasteiger charge is 1.94. The Kier molecular flexibility index (Phi) is 3.75. The summed E-state index contributed by atoms with van der Waals surface area (Å²) in [4.78, 5) is 17.4. The zero-order valence-electron chi connectivity index (χ0n) is 9.22. The van der Waals surface area contributed by atoms with Crippen LogP contribution >= 0.6 is 0 Å². The molecule has 0 bridgehead atoms. The van der Waals surface area contributed by atoms with Crippen molar-refractivity contribution < 1.29 is 4.74 Å². The van der Waals surface area contributed by atoms with Crippen molar-refractivity contribution >= 4 is 5.82 Å². The molecule has 1 aromatic heterocycles. The van der Waals surface area contributed by atoms with Crippen LogP contribution in [0.2, 0.25) is 0 Å². The minimum absolute atomic E-state index is 0.175. The van der Waals surface area contributed by atoms with Gasteiger partial charge in [0.1, 0.15) is 18.2 Å². The van der Waals surface area contributed by atoms with Crippen LogP contribution in [0.3, 0.4) is 0 Å². The third kappa shape index (κ3) is 3.64.